The lowest BCUT2D eigenvalue weighted by molar-refractivity contribution is -0.114. The van der Waals surface area contributed by atoms with Gasteiger partial charge in [-0.25, -0.2) is 0 Å². The third kappa shape index (κ3) is 4.11. The van der Waals surface area contributed by atoms with Crippen LogP contribution in [0.15, 0.2) is 18.2 Å². The van der Waals surface area contributed by atoms with Crippen molar-refractivity contribution in [2.45, 2.75) is 26.7 Å². The molecule has 1 N–H and O–H groups in total. The van der Waals surface area contributed by atoms with Gasteiger partial charge in [-0.2, -0.15) is 0 Å². The van der Waals surface area contributed by atoms with Gasteiger partial charge in [-0.3, -0.25) is 4.79 Å². The zero-order valence-electron chi connectivity index (χ0n) is 9.55. The lowest BCUT2D eigenvalue weighted by Crippen LogP contribution is -2.06. The van der Waals surface area contributed by atoms with Gasteiger partial charge in [-0.05, 0) is 18.6 Å². The molecule has 1 amide bonds. The quantitative estimate of drug-likeness (QED) is 0.802. The van der Waals surface area contributed by atoms with Crippen molar-refractivity contribution < 1.29 is 9.53 Å². The zero-order chi connectivity index (χ0) is 12.0. The number of carbonyl (C=O) groups excluding carboxylic acids is 1. The maximum absolute atomic E-state index is 10.9. The van der Waals surface area contributed by atoms with E-state index >= 15 is 0 Å². The van der Waals surface area contributed by atoms with Crippen LogP contribution in [0, 0.1) is 0 Å². The number of anilines is 1. The van der Waals surface area contributed by atoms with Crippen LogP contribution >= 0.6 is 11.6 Å². The normalized spacial score (nSPS) is 9.94. The molecule has 4 heteroatoms. The highest BCUT2D eigenvalue weighted by atomic mass is 35.5. The number of amides is 1. The molecule has 0 saturated heterocycles. The van der Waals surface area contributed by atoms with E-state index in [1.165, 1.54) is 6.92 Å². The maximum atomic E-state index is 10.9. The van der Waals surface area contributed by atoms with Crippen LogP contribution in [-0.4, -0.2) is 12.5 Å². The van der Waals surface area contributed by atoms with Gasteiger partial charge in [0.2, 0.25) is 5.91 Å². The maximum Gasteiger partial charge on any atom is 0.221 e. The topological polar surface area (TPSA) is 38.3 Å². The number of nitrogens with one attached hydrogen (secondary N) is 1. The molecule has 0 unspecified atom stereocenters. The molecule has 0 atom stereocenters. The highest BCUT2D eigenvalue weighted by Crippen LogP contribution is 2.28. The predicted octanol–water partition coefficient (Wildman–Crippen LogP) is 3.48. The number of hydrogen-bond acceptors (Lipinski definition) is 2. The van der Waals surface area contributed by atoms with Crippen LogP contribution in [-0.2, 0) is 4.79 Å². The first kappa shape index (κ1) is 12.8. The van der Waals surface area contributed by atoms with Crippen molar-refractivity contribution in [2.75, 3.05) is 11.9 Å². The van der Waals surface area contributed by atoms with E-state index in [9.17, 15) is 4.79 Å². The second-order valence-corrected chi connectivity index (χ2v) is 3.94. The molecule has 1 aromatic rings. The van der Waals surface area contributed by atoms with Gasteiger partial charge in [0.05, 0.1) is 11.6 Å². The summed E-state index contributed by atoms with van der Waals surface area (Å²) >= 11 is 5.97. The minimum Gasteiger partial charge on any atom is -0.492 e. The van der Waals surface area contributed by atoms with E-state index < -0.39 is 0 Å². The molecule has 0 saturated carbocycles. The number of carbonyl (C=O) groups is 1. The van der Waals surface area contributed by atoms with E-state index in [0.29, 0.717) is 23.1 Å². The van der Waals surface area contributed by atoms with Gasteiger partial charge in [0, 0.05) is 18.7 Å². The fourth-order valence-corrected chi connectivity index (χ4v) is 1.39. The molecule has 0 aliphatic rings. The fraction of sp³-hybridized carbons (Fsp3) is 0.417. The van der Waals surface area contributed by atoms with Crippen LogP contribution in [0.2, 0.25) is 5.02 Å². The lowest BCUT2D eigenvalue weighted by atomic mass is 10.3. The molecular weight excluding hydrogens is 226 g/mol. The SMILES string of the molecule is CCCCOc1cc(NC(C)=O)ccc1Cl. The predicted molar refractivity (Wildman–Crippen MR) is 66.2 cm³/mol. The van der Waals surface area contributed by atoms with Crippen LogP contribution in [0.4, 0.5) is 5.69 Å². The number of halogens is 1. The first-order valence-corrected chi connectivity index (χ1v) is 5.71. The Kier molecular flexibility index (Phi) is 5.12. The average molecular weight is 242 g/mol. The van der Waals surface area contributed by atoms with E-state index in [1.54, 1.807) is 18.2 Å². The largest absolute Gasteiger partial charge is 0.492 e. The molecule has 0 aliphatic heterocycles. The molecule has 16 heavy (non-hydrogen) atoms. The van der Waals surface area contributed by atoms with Crippen molar-refractivity contribution in [3.8, 4) is 5.75 Å². The number of hydrogen-bond donors (Lipinski definition) is 1. The van der Waals surface area contributed by atoms with E-state index in [4.69, 9.17) is 16.3 Å². The Morgan fingerprint density at radius 1 is 1.50 bits per heavy atom. The Labute approximate surface area is 101 Å². The van der Waals surface area contributed by atoms with E-state index in [-0.39, 0.29) is 5.91 Å². The second-order valence-electron chi connectivity index (χ2n) is 3.53. The molecule has 0 fully saturated rings. The van der Waals surface area contributed by atoms with Gasteiger partial charge >= 0.3 is 0 Å². The van der Waals surface area contributed by atoms with Crippen molar-refractivity contribution in [1.82, 2.24) is 0 Å². The van der Waals surface area contributed by atoms with Gasteiger partial charge in [0.25, 0.3) is 0 Å². The molecule has 0 aromatic heterocycles. The Morgan fingerprint density at radius 3 is 2.88 bits per heavy atom. The summed E-state index contributed by atoms with van der Waals surface area (Å²) in [5.41, 5.74) is 0.698. The highest BCUT2D eigenvalue weighted by molar-refractivity contribution is 6.32. The van der Waals surface area contributed by atoms with Crippen LogP contribution in [0.25, 0.3) is 0 Å². The number of rotatable bonds is 5. The number of ether oxygens (including phenoxy) is 1. The fourth-order valence-electron chi connectivity index (χ4n) is 1.22. The molecule has 88 valence electrons. The standard InChI is InChI=1S/C12H16ClNO2/c1-3-4-7-16-12-8-10(14-9(2)15)5-6-11(12)13/h5-6,8H,3-4,7H2,1-2H3,(H,14,15). The van der Waals surface area contributed by atoms with Crippen LogP contribution in [0.3, 0.4) is 0 Å². The summed E-state index contributed by atoms with van der Waals surface area (Å²) < 4.78 is 5.52. The summed E-state index contributed by atoms with van der Waals surface area (Å²) in [4.78, 5) is 10.9. The summed E-state index contributed by atoms with van der Waals surface area (Å²) in [5.74, 6) is 0.503. The Bertz CT molecular complexity index is 366. The average Bonchev–Trinajstić information content (AvgIpc) is 2.22. The first-order chi connectivity index (χ1) is 7.63. The molecule has 0 aliphatic carbocycles. The van der Waals surface area contributed by atoms with Crippen molar-refractivity contribution in [2.24, 2.45) is 0 Å². The first-order valence-electron chi connectivity index (χ1n) is 5.33. The van der Waals surface area contributed by atoms with Crippen LogP contribution < -0.4 is 10.1 Å². The Morgan fingerprint density at radius 2 is 2.25 bits per heavy atom. The summed E-state index contributed by atoms with van der Waals surface area (Å²) in [5, 5.41) is 3.25. The van der Waals surface area contributed by atoms with E-state index in [2.05, 4.69) is 12.2 Å². The minimum atomic E-state index is -0.109. The second kappa shape index (κ2) is 6.38. The highest BCUT2D eigenvalue weighted by Gasteiger charge is 2.04. The van der Waals surface area contributed by atoms with E-state index in [1.807, 2.05) is 0 Å². The van der Waals surface area contributed by atoms with Crippen molar-refractivity contribution >= 4 is 23.2 Å². The molecular formula is C12H16ClNO2. The van der Waals surface area contributed by atoms with Crippen molar-refractivity contribution in [1.29, 1.82) is 0 Å². The van der Waals surface area contributed by atoms with Crippen molar-refractivity contribution in [3.63, 3.8) is 0 Å². The number of benzene rings is 1. The minimum absolute atomic E-state index is 0.109. The van der Waals surface area contributed by atoms with Crippen LogP contribution in [0.5, 0.6) is 5.75 Å². The molecule has 0 radical (unpaired) electrons. The number of unbranched alkanes of at least 4 members (excludes halogenated alkanes) is 1. The third-order valence-electron chi connectivity index (χ3n) is 2.01. The lowest BCUT2D eigenvalue weighted by Gasteiger charge is -2.09. The summed E-state index contributed by atoms with van der Waals surface area (Å²) in [7, 11) is 0. The summed E-state index contributed by atoms with van der Waals surface area (Å²) in [6.07, 6.45) is 2.06. The molecule has 1 aromatic carbocycles. The summed E-state index contributed by atoms with van der Waals surface area (Å²) in [6, 6.07) is 5.20. The molecule has 0 heterocycles. The Hall–Kier alpha value is -1.22. The van der Waals surface area contributed by atoms with Gasteiger partial charge in [0.1, 0.15) is 5.75 Å². The van der Waals surface area contributed by atoms with Gasteiger partial charge in [-0.1, -0.05) is 24.9 Å². The molecule has 0 bridgehead atoms. The molecule has 0 spiro atoms. The third-order valence-corrected chi connectivity index (χ3v) is 2.32. The van der Waals surface area contributed by atoms with Gasteiger partial charge in [-0.15, -0.1) is 0 Å². The van der Waals surface area contributed by atoms with Crippen molar-refractivity contribution in [3.05, 3.63) is 23.2 Å². The van der Waals surface area contributed by atoms with Gasteiger partial charge in [0.15, 0.2) is 0 Å². The Balaban J connectivity index is 2.70. The van der Waals surface area contributed by atoms with Crippen LogP contribution in [0.1, 0.15) is 26.7 Å². The summed E-state index contributed by atoms with van der Waals surface area (Å²) in [6.45, 7) is 4.20. The smallest absolute Gasteiger partial charge is 0.221 e. The van der Waals surface area contributed by atoms with Gasteiger partial charge < -0.3 is 10.1 Å². The zero-order valence-corrected chi connectivity index (χ0v) is 10.3. The molecule has 1 rings (SSSR count). The molecule has 3 nitrogen and oxygen atoms in total. The monoisotopic (exact) mass is 241 g/mol. The van der Waals surface area contributed by atoms with E-state index in [0.717, 1.165) is 12.8 Å².